The Bertz CT molecular complexity index is 1340. The molecule has 4 rings (SSSR count). The molecule has 1 aromatic heterocycles. The Labute approximate surface area is 227 Å². The van der Waals surface area contributed by atoms with Gasteiger partial charge < -0.3 is 15.5 Å². The van der Waals surface area contributed by atoms with Gasteiger partial charge in [0.1, 0.15) is 18.2 Å². The smallest absolute Gasteiger partial charge is 0.434 e. The van der Waals surface area contributed by atoms with E-state index >= 15 is 0 Å². The van der Waals surface area contributed by atoms with Crippen molar-refractivity contribution in [2.45, 2.75) is 38.8 Å². The first-order chi connectivity index (χ1) is 17.4. The van der Waals surface area contributed by atoms with Gasteiger partial charge in [-0.1, -0.05) is 66.5 Å². The Morgan fingerprint density at radius 2 is 1.95 bits per heavy atom. The minimum atomic E-state index is -1.47. The topological polar surface area (TPSA) is 133 Å². The summed E-state index contributed by atoms with van der Waals surface area (Å²) in [4.78, 5) is 34.9. The average Bonchev–Trinajstić information content (AvgIpc) is 3.43. The fourth-order valence-corrected chi connectivity index (χ4v) is 5.07. The van der Waals surface area contributed by atoms with Gasteiger partial charge in [-0.2, -0.15) is 5.10 Å². The van der Waals surface area contributed by atoms with Gasteiger partial charge in [0.2, 0.25) is 5.96 Å². The van der Waals surface area contributed by atoms with Crippen LogP contribution >= 0.6 is 27.5 Å². The predicted octanol–water partition coefficient (Wildman–Crippen LogP) is 4.51. The van der Waals surface area contributed by atoms with Crippen LogP contribution in [0, 0.1) is 5.41 Å². The molecule has 0 spiro atoms. The molecular weight excluding hydrogens is 564 g/mol. The molecule has 2 atom stereocenters. The maximum Gasteiger partial charge on any atom is 0.434 e. The number of hydrogen-bond donors (Lipinski definition) is 3. The summed E-state index contributed by atoms with van der Waals surface area (Å²) in [7, 11) is 0. The van der Waals surface area contributed by atoms with Crippen LogP contribution in [0.4, 0.5) is 4.79 Å². The largest absolute Gasteiger partial charge is 0.463 e. The summed E-state index contributed by atoms with van der Waals surface area (Å²) in [6.07, 6.45) is 1.69. The number of carbonyl (C=O) groups excluding carboxylic acids is 1. The first-order valence-corrected chi connectivity index (χ1v) is 12.6. The molecule has 12 heteroatoms. The normalized spacial score (nSPS) is 19.8. The van der Waals surface area contributed by atoms with Crippen LogP contribution in [-0.4, -0.2) is 54.4 Å². The molecule has 1 saturated heterocycles. The van der Waals surface area contributed by atoms with Gasteiger partial charge in [-0.05, 0) is 47.2 Å². The molecule has 2 aromatic carbocycles. The number of hydrogen-bond acceptors (Lipinski definition) is 5. The highest BCUT2D eigenvalue weighted by atomic mass is 79.9. The molecule has 1 aliphatic heterocycles. The highest BCUT2D eigenvalue weighted by molar-refractivity contribution is 9.10. The number of nitrogens with one attached hydrogen (secondary N) is 1. The number of benzene rings is 2. The lowest BCUT2D eigenvalue weighted by molar-refractivity contribution is -0.134. The number of aliphatic hydroxyl groups excluding tert-OH is 1. The molecule has 3 aromatic rings. The molecule has 37 heavy (non-hydrogen) atoms. The van der Waals surface area contributed by atoms with Gasteiger partial charge in [0.05, 0.1) is 23.4 Å². The number of aromatic nitrogens is 3. The maximum atomic E-state index is 14.3. The molecule has 194 valence electrons. The molecule has 2 heterocycles. The Balaban J connectivity index is 1.88. The fraction of sp³-hybridized carbons (Fsp3) is 0.320. The summed E-state index contributed by atoms with van der Waals surface area (Å²) in [5, 5.41) is 27.7. The van der Waals surface area contributed by atoms with E-state index in [0.29, 0.717) is 28.3 Å². The van der Waals surface area contributed by atoms with Crippen molar-refractivity contribution in [2.24, 2.45) is 10.4 Å². The number of aliphatic imine (C=N–C) groups is 1. The summed E-state index contributed by atoms with van der Waals surface area (Å²) < 4.78 is 2.29. The third-order valence-corrected chi connectivity index (χ3v) is 6.82. The maximum absolute atomic E-state index is 14.3. The highest BCUT2D eigenvalue weighted by Crippen LogP contribution is 2.42. The number of rotatable bonds is 6. The van der Waals surface area contributed by atoms with Crippen molar-refractivity contribution in [1.29, 1.82) is 0 Å². The average molecular weight is 590 g/mol. The summed E-state index contributed by atoms with van der Waals surface area (Å²) in [6.45, 7) is 5.47. The van der Waals surface area contributed by atoms with Crippen molar-refractivity contribution in [3.63, 3.8) is 0 Å². The Morgan fingerprint density at radius 1 is 1.24 bits per heavy atom. The molecule has 1 aliphatic rings. The molecule has 0 aliphatic carbocycles. The minimum absolute atomic E-state index is 0.166. The minimum Gasteiger partial charge on any atom is -0.463 e. The monoisotopic (exact) mass is 588 g/mol. The van der Waals surface area contributed by atoms with Gasteiger partial charge in [0.15, 0.2) is 0 Å². The lowest BCUT2D eigenvalue weighted by atomic mass is 9.75. The van der Waals surface area contributed by atoms with Crippen LogP contribution in [0.1, 0.15) is 44.4 Å². The van der Waals surface area contributed by atoms with Crippen LogP contribution in [0.15, 0.2) is 64.6 Å². The van der Waals surface area contributed by atoms with E-state index in [1.54, 1.807) is 18.2 Å². The third kappa shape index (κ3) is 5.39. The lowest BCUT2D eigenvalue weighted by Gasteiger charge is -2.34. The van der Waals surface area contributed by atoms with Crippen molar-refractivity contribution in [1.82, 2.24) is 25.0 Å². The summed E-state index contributed by atoms with van der Waals surface area (Å²) >= 11 is 9.81. The molecule has 1 unspecified atom stereocenters. The highest BCUT2D eigenvalue weighted by Gasteiger charge is 2.55. The van der Waals surface area contributed by atoms with Gasteiger partial charge >= 0.3 is 6.09 Å². The number of carbonyl (C=O) groups is 2. The summed E-state index contributed by atoms with van der Waals surface area (Å²) in [5.41, 5.74) is -0.0162. The lowest BCUT2D eigenvalue weighted by Crippen LogP contribution is -2.47. The number of guanidine groups is 1. The standard InChI is InChI=1S/C25H26BrClN6O4/c1-24(2,3)12-25(16-5-7-17(26)8-6-16)21(35)33(22(31-25)30-23(36)37)20(11-34)15-4-9-18(27)19(10-15)32-14-28-13-29-32/h4-10,13-14,20,34H,11-12H2,1-3H3,(H,30,31)(H,36,37)/t20-,25?/m1/s1. The van der Waals surface area contributed by atoms with Gasteiger partial charge in [0.25, 0.3) is 5.91 Å². The molecule has 0 saturated carbocycles. The van der Waals surface area contributed by atoms with Crippen LogP contribution < -0.4 is 5.32 Å². The van der Waals surface area contributed by atoms with E-state index in [1.165, 1.54) is 22.2 Å². The van der Waals surface area contributed by atoms with E-state index in [1.807, 2.05) is 45.0 Å². The molecule has 0 radical (unpaired) electrons. The molecule has 10 nitrogen and oxygen atoms in total. The van der Waals surface area contributed by atoms with Crippen LogP contribution in [0.25, 0.3) is 5.69 Å². The van der Waals surface area contributed by atoms with Crippen molar-refractivity contribution < 1.29 is 19.8 Å². The number of halogens is 2. The second-order valence-electron chi connectivity index (χ2n) is 9.92. The Morgan fingerprint density at radius 3 is 2.51 bits per heavy atom. The number of carboxylic acid groups (broad SMARTS) is 1. The van der Waals surface area contributed by atoms with Crippen LogP contribution in [0.2, 0.25) is 5.02 Å². The second-order valence-corrected chi connectivity index (χ2v) is 11.2. The van der Waals surface area contributed by atoms with Crippen LogP contribution in [-0.2, 0) is 10.3 Å². The quantitative estimate of drug-likeness (QED) is 0.385. The first-order valence-electron chi connectivity index (χ1n) is 11.4. The predicted molar refractivity (Wildman–Crippen MR) is 142 cm³/mol. The van der Waals surface area contributed by atoms with E-state index < -0.39 is 30.2 Å². The van der Waals surface area contributed by atoms with E-state index in [2.05, 4.69) is 36.3 Å². The molecule has 3 N–H and O–H groups in total. The van der Waals surface area contributed by atoms with Crippen molar-refractivity contribution in [3.05, 3.63) is 75.7 Å². The summed E-state index contributed by atoms with van der Waals surface area (Å²) in [5.74, 6) is -0.595. The van der Waals surface area contributed by atoms with Gasteiger partial charge in [-0.3, -0.25) is 9.69 Å². The first kappa shape index (κ1) is 26.8. The third-order valence-electron chi connectivity index (χ3n) is 5.98. The van der Waals surface area contributed by atoms with Crippen LogP contribution in [0.3, 0.4) is 0 Å². The molecule has 2 amide bonds. The number of aliphatic hydroxyl groups is 1. The summed E-state index contributed by atoms with van der Waals surface area (Å²) in [6, 6.07) is 11.2. The Hall–Kier alpha value is -3.28. The zero-order valence-corrected chi connectivity index (χ0v) is 22.7. The zero-order valence-electron chi connectivity index (χ0n) is 20.4. The van der Waals surface area contributed by atoms with E-state index in [0.717, 1.165) is 4.47 Å². The van der Waals surface area contributed by atoms with Gasteiger partial charge in [-0.25, -0.2) is 14.5 Å². The van der Waals surface area contributed by atoms with Gasteiger partial charge in [0, 0.05) is 4.47 Å². The fourth-order valence-electron chi connectivity index (χ4n) is 4.60. The number of amides is 2. The molecular formula is C25H26BrClN6O4. The van der Waals surface area contributed by atoms with E-state index in [9.17, 15) is 19.8 Å². The number of nitrogens with zero attached hydrogens (tertiary/aromatic N) is 5. The SMILES string of the molecule is CC(C)(C)CC1(c2ccc(Br)cc2)NC(=NC(=O)O)N([C@H](CO)c2ccc(Cl)c(-n3cncn3)c2)C1=O. The second kappa shape index (κ2) is 10.2. The van der Waals surface area contributed by atoms with Crippen molar-refractivity contribution >= 4 is 45.5 Å². The molecule has 0 bridgehead atoms. The van der Waals surface area contributed by atoms with Crippen molar-refractivity contribution in [2.75, 3.05) is 6.61 Å². The Kier molecular flexibility index (Phi) is 7.40. The van der Waals surface area contributed by atoms with E-state index in [-0.39, 0.29) is 11.4 Å². The van der Waals surface area contributed by atoms with E-state index in [4.69, 9.17) is 11.6 Å². The van der Waals surface area contributed by atoms with Gasteiger partial charge in [-0.15, -0.1) is 4.99 Å². The zero-order chi connectivity index (χ0) is 27.0. The van der Waals surface area contributed by atoms with Crippen molar-refractivity contribution in [3.8, 4) is 5.69 Å². The van der Waals surface area contributed by atoms with Crippen LogP contribution in [0.5, 0.6) is 0 Å². The molecule has 1 fully saturated rings.